The van der Waals surface area contributed by atoms with E-state index >= 15 is 0 Å². The van der Waals surface area contributed by atoms with Crippen LogP contribution < -0.4 is 11.1 Å². The molecule has 1 saturated heterocycles. The lowest BCUT2D eigenvalue weighted by Crippen LogP contribution is -2.43. The number of aldehydes is 1. The van der Waals surface area contributed by atoms with Crippen LogP contribution in [-0.4, -0.2) is 56.4 Å². The zero-order valence-electron chi connectivity index (χ0n) is 16.0. The zero-order chi connectivity index (χ0) is 18.9. The molecule has 2 aromatic carbocycles. The first-order valence-corrected chi connectivity index (χ1v) is 9.00. The van der Waals surface area contributed by atoms with Gasteiger partial charge in [-0.3, -0.25) is 9.69 Å². The molecule has 0 spiro atoms. The topological polar surface area (TPSA) is 61.6 Å². The van der Waals surface area contributed by atoms with E-state index in [-0.39, 0.29) is 0 Å². The van der Waals surface area contributed by atoms with E-state index in [1.54, 1.807) is 0 Å². The summed E-state index contributed by atoms with van der Waals surface area (Å²) in [6, 6.07) is 13.8. The third kappa shape index (κ3) is 6.17. The highest BCUT2D eigenvalue weighted by atomic mass is 16.1. The van der Waals surface area contributed by atoms with Gasteiger partial charge >= 0.3 is 0 Å². The van der Waals surface area contributed by atoms with Crippen molar-refractivity contribution in [1.82, 2.24) is 9.80 Å². The van der Waals surface area contributed by atoms with Crippen molar-refractivity contribution in [3.63, 3.8) is 0 Å². The Hall–Kier alpha value is -2.37. The average molecular weight is 354 g/mol. The molecule has 0 bridgehead atoms. The van der Waals surface area contributed by atoms with Crippen molar-refractivity contribution in [3.8, 4) is 0 Å². The maximum atomic E-state index is 10.5. The monoisotopic (exact) mass is 354 g/mol. The molecule has 0 radical (unpaired) electrons. The van der Waals surface area contributed by atoms with Crippen molar-refractivity contribution in [3.05, 3.63) is 59.2 Å². The number of anilines is 2. The molecule has 1 heterocycles. The number of nitrogen functional groups attached to an aromatic ring is 1. The Kier molecular flexibility index (Phi) is 7.63. The minimum absolute atomic E-state index is 0.752. The third-order valence-corrected chi connectivity index (χ3v) is 4.69. The minimum atomic E-state index is 0.752. The molecule has 1 fully saturated rings. The molecule has 3 rings (SSSR count). The fourth-order valence-corrected chi connectivity index (χ4v) is 2.76. The van der Waals surface area contributed by atoms with Gasteiger partial charge in [0.25, 0.3) is 0 Å². The number of nitrogens with zero attached hydrogens (tertiary/aromatic N) is 2. The van der Waals surface area contributed by atoms with Crippen LogP contribution in [0.15, 0.2) is 42.5 Å². The van der Waals surface area contributed by atoms with Gasteiger partial charge in [0.2, 0.25) is 0 Å². The van der Waals surface area contributed by atoms with Gasteiger partial charge < -0.3 is 16.0 Å². The second-order valence-electron chi connectivity index (χ2n) is 6.76. The number of hydrogen-bond acceptors (Lipinski definition) is 5. The minimum Gasteiger partial charge on any atom is -0.398 e. The first kappa shape index (κ1) is 19.9. The molecule has 1 aliphatic rings. The van der Waals surface area contributed by atoms with Crippen LogP contribution in [0.2, 0.25) is 0 Å². The normalized spacial score (nSPS) is 15.0. The number of nitrogens with one attached hydrogen (secondary N) is 1. The molecule has 140 valence electrons. The first-order valence-electron chi connectivity index (χ1n) is 9.00. The molecule has 5 nitrogen and oxygen atoms in total. The van der Waals surface area contributed by atoms with Crippen LogP contribution in [0.4, 0.5) is 11.4 Å². The van der Waals surface area contributed by atoms with Crippen molar-refractivity contribution in [1.29, 1.82) is 0 Å². The summed E-state index contributed by atoms with van der Waals surface area (Å²) in [5, 5.41) is 3.01. The predicted molar refractivity (Wildman–Crippen MR) is 110 cm³/mol. The Labute approximate surface area is 156 Å². The number of piperazine rings is 1. The fourth-order valence-electron chi connectivity index (χ4n) is 2.76. The Balaban J connectivity index is 0.000000209. The number of nitrogens with two attached hydrogens (primary N) is 1. The molecule has 0 saturated carbocycles. The molecule has 2 aromatic rings. The van der Waals surface area contributed by atoms with Gasteiger partial charge in [0.05, 0.1) is 0 Å². The van der Waals surface area contributed by atoms with E-state index in [2.05, 4.69) is 22.2 Å². The van der Waals surface area contributed by atoms with Gasteiger partial charge in [-0.1, -0.05) is 30.3 Å². The highest BCUT2D eigenvalue weighted by Gasteiger charge is 2.13. The summed E-state index contributed by atoms with van der Waals surface area (Å²) in [4.78, 5) is 15.3. The van der Waals surface area contributed by atoms with E-state index in [1.807, 2.05) is 56.4 Å². The Morgan fingerprint density at radius 2 is 1.73 bits per heavy atom. The first-order chi connectivity index (χ1) is 12.5. The number of aryl methyl sites for hydroxylation is 1. The van der Waals surface area contributed by atoms with E-state index in [0.29, 0.717) is 0 Å². The molecule has 0 unspecified atom stereocenters. The smallest absolute Gasteiger partial charge is 0.150 e. The van der Waals surface area contributed by atoms with Gasteiger partial charge in [0.1, 0.15) is 6.29 Å². The highest BCUT2D eigenvalue weighted by molar-refractivity contribution is 5.74. The second-order valence-corrected chi connectivity index (χ2v) is 6.76. The van der Waals surface area contributed by atoms with Crippen LogP contribution in [0, 0.1) is 6.92 Å². The van der Waals surface area contributed by atoms with E-state index in [9.17, 15) is 4.79 Å². The van der Waals surface area contributed by atoms with Gasteiger partial charge in [-0.15, -0.1) is 0 Å². The van der Waals surface area contributed by atoms with E-state index in [1.165, 1.54) is 5.56 Å². The molecule has 5 heteroatoms. The van der Waals surface area contributed by atoms with Gasteiger partial charge in [-0.2, -0.15) is 0 Å². The number of benzene rings is 2. The lowest BCUT2D eigenvalue weighted by Gasteiger charge is -2.32. The summed E-state index contributed by atoms with van der Waals surface area (Å²) in [5.74, 6) is 0. The number of carbonyl (C=O) groups excluding carboxylic acids is 1. The Morgan fingerprint density at radius 3 is 2.27 bits per heavy atom. The largest absolute Gasteiger partial charge is 0.398 e. The summed E-state index contributed by atoms with van der Waals surface area (Å²) in [6.07, 6.45) is 0.889. The van der Waals surface area contributed by atoms with Crippen LogP contribution in [0.1, 0.15) is 21.5 Å². The van der Waals surface area contributed by atoms with Crippen molar-refractivity contribution < 1.29 is 4.79 Å². The maximum Gasteiger partial charge on any atom is 0.150 e. The number of hydrogen-bond donors (Lipinski definition) is 2. The predicted octanol–water partition coefficient (Wildman–Crippen LogP) is 2.87. The van der Waals surface area contributed by atoms with Crippen LogP contribution in [-0.2, 0) is 6.54 Å². The van der Waals surface area contributed by atoms with Crippen LogP contribution in [0.3, 0.4) is 0 Å². The SMILES string of the molecule is CN1CCN(Cc2ccc(C=O)cc2)CC1.CNc1ccc(C)c(N)c1. The number of carbonyl (C=O) groups is 1. The summed E-state index contributed by atoms with van der Waals surface area (Å²) >= 11 is 0. The molecular weight excluding hydrogens is 324 g/mol. The second kappa shape index (κ2) is 9.94. The van der Waals surface area contributed by atoms with Crippen LogP contribution in [0.25, 0.3) is 0 Å². The Bertz CT molecular complexity index is 692. The van der Waals surface area contributed by atoms with Gasteiger partial charge in [-0.05, 0) is 37.2 Å². The van der Waals surface area contributed by atoms with Gasteiger partial charge in [0.15, 0.2) is 0 Å². The van der Waals surface area contributed by atoms with Crippen LogP contribution in [0.5, 0.6) is 0 Å². The fraction of sp³-hybridized carbons (Fsp3) is 0.381. The van der Waals surface area contributed by atoms with Crippen molar-refractivity contribution >= 4 is 17.7 Å². The van der Waals surface area contributed by atoms with Crippen molar-refractivity contribution in [2.45, 2.75) is 13.5 Å². The molecule has 0 aromatic heterocycles. The molecule has 3 N–H and O–H groups in total. The van der Waals surface area contributed by atoms with Crippen LogP contribution >= 0.6 is 0 Å². The number of likely N-dealkylation sites (N-methyl/N-ethyl adjacent to an activating group) is 1. The molecule has 0 aliphatic carbocycles. The number of rotatable bonds is 4. The van der Waals surface area contributed by atoms with E-state index < -0.39 is 0 Å². The quantitative estimate of drug-likeness (QED) is 0.653. The molecule has 0 amide bonds. The lowest BCUT2D eigenvalue weighted by molar-refractivity contribution is 0.112. The molecule has 0 atom stereocenters. The molecule has 1 aliphatic heterocycles. The highest BCUT2D eigenvalue weighted by Crippen LogP contribution is 2.15. The third-order valence-electron chi connectivity index (χ3n) is 4.69. The summed E-state index contributed by atoms with van der Waals surface area (Å²) in [6.45, 7) is 7.54. The lowest BCUT2D eigenvalue weighted by atomic mass is 10.1. The summed E-state index contributed by atoms with van der Waals surface area (Å²) < 4.78 is 0. The van der Waals surface area contributed by atoms with Crippen molar-refractivity contribution in [2.75, 3.05) is 51.3 Å². The molecular formula is C21H30N4O. The average Bonchev–Trinajstić information content (AvgIpc) is 2.67. The van der Waals surface area contributed by atoms with E-state index in [4.69, 9.17) is 5.73 Å². The summed E-state index contributed by atoms with van der Waals surface area (Å²) in [5.41, 5.74) is 10.7. The standard InChI is InChI=1S/C13H18N2O.C8H12N2/c1-14-6-8-15(9-7-14)10-12-2-4-13(11-16)5-3-12;1-6-3-4-7(10-2)5-8(6)9/h2-5,11H,6-10H2,1H3;3-5,10H,9H2,1-2H3. The summed E-state index contributed by atoms with van der Waals surface area (Å²) in [7, 11) is 4.04. The zero-order valence-corrected chi connectivity index (χ0v) is 16.0. The van der Waals surface area contributed by atoms with Gasteiger partial charge in [0, 0.05) is 56.7 Å². The maximum absolute atomic E-state index is 10.5. The molecule has 26 heavy (non-hydrogen) atoms. The van der Waals surface area contributed by atoms with E-state index in [0.717, 1.165) is 61.5 Å². The Morgan fingerprint density at radius 1 is 1.08 bits per heavy atom. The van der Waals surface area contributed by atoms with Gasteiger partial charge in [-0.25, -0.2) is 0 Å². The van der Waals surface area contributed by atoms with Crippen molar-refractivity contribution in [2.24, 2.45) is 0 Å².